The summed E-state index contributed by atoms with van der Waals surface area (Å²) in [5, 5.41) is 0. The van der Waals surface area contributed by atoms with E-state index >= 15 is 0 Å². The van der Waals surface area contributed by atoms with Crippen LogP contribution in [0.4, 0.5) is 0 Å². The number of carbonyl (C=O) groups excluding carboxylic acids is 3. The summed E-state index contributed by atoms with van der Waals surface area (Å²) < 4.78 is 16.6. The fourth-order valence-electron chi connectivity index (χ4n) is 5.65. The lowest BCUT2D eigenvalue weighted by atomic mass is 10.1. The molecular formula is C49H80O6. The Morgan fingerprint density at radius 1 is 0.364 bits per heavy atom. The second kappa shape index (κ2) is 43.3. The van der Waals surface area contributed by atoms with E-state index in [-0.39, 0.29) is 31.1 Å². The number of unbranched alkanes of at least 4 members (excludes halogenated alkanes) is 13. The van der Waals surface area contributed by atoms with Crippen LogP contribution in [0.2, 0.25) is 0 Å². The summed E-state index contributed by atoms with van der Waals surface area (Å²) in [7, 11) is 0. The largest absolute Gasteiger partial charge is 0.462 e. The molecule has 0 N–H and O–H groups in total. The van der Waals surface area contributed by atoms with Gasteiger partial charge in [-0.25, -0.2) is 0 Å². The second-order valence-corrected chi connectivity index (χ2v) is 14.2. The molecule has 0 aliphatic carbocycles. The molecule has 0 radical (unpaired) electrons. The molecule has 312 valence electrons. The first-order valence-electron chi connectivity index (χ1n) is 22.1. The standard InChI is InChI=1S/C49H80O6/c1-4-7-10-13-16-19-21-23-24-25-26-28-30-33-36-39-42-48(51)54-45-46(44-53-47(50)41-38-35-32-29-18-15-12-9-6-3)55-49(52)43-40-37-34-31-27-22-20-17-14-11-8-5-2/h7-12,16-20,23-24,29,46H,4-6,13-15,21-22,25-28,30-45H2,1-3H3/b10-7-,11-8-,12-9-,19-16-,20-17-,24-23-,29-18-. The molecule has 0 aliphatic heterocycles. The minimum atomic E-state index is -0.800. The lowest BCUT2D eigenvalue weighted by Crippen LogP contribution is -2.30. The predicted octanol–water partition coefficient (Wildman–Crippen LogP) is 14.1. The van der Waals surface area contributed by atoms with E-state index in [1.165, 1.54) is 12.8 Å². The van der Waals surface area contributed by atoms with Crippen LogP contribution in [0.25, 0.3) is 0 Å². The number of ether oxygens (including phenoxy) is 3. The number of esters is 3. The van der Waals surface area contributed by atoms with Crippen molar-refractivity contribution >= 4 is 17.9 Å². The molecule has 6 nitrogen and oxygen atoms in total. The highest BCUT2D eigenvalue weighted by Gasteiger charge is 2.19. The Morgan fingerprint density at radius 3 is 1.05 bits per heavy atom. The summed E-state index contributed by atoms with van der Waals surface area (Å²) in [6, 6.07) is 0. The van der Waals surface area contributed by atoms with Gasteiger partial charge in [-0.1, -0.05) is 151 Å². The molecule has 0 saturated heterocycles. The lowest BCUT2D eigenvalue weighted by Gasteiger charge is -2.18. The summed E-state index contributed by atoms with van der Waals surface area (Å²) in [5.74, 6) is -0.976. The zero-order chi connectivity index (χ0) is 40.1. The molecule has 0 aliphatic rings. The third-order valence-electron chi connectivity index (χ3n) is 8.88. The second-order valence-electron chi connectivity index (χ2n) is 14.2. The average molecular weight is 765 g/mol. The van der Waals surface area contributed by atoms with Gasteiger partial charge in [0.15, 0.2) is 6.10 Å². The SMILES string of the molecule is CC/C=C\C/C=C\C/C=C\CCCCCCCCC(=O)OCC(COC(=O)CCCC/C=C\C/C=C\CC)OC(=O)CCCCCCC/C=C\C/C=C\CC. The molecule has 1 unspecified atom stereocenters. The summed E-state index contributed by atoms with van der Waals surface area (Å²) in [5.41, 5.74) is 0. The van der Waals surface area contributed by atoms with Gasteiger partial charge in [0.2, 0.25) is 0 Å². The van der Waals surface area contributed by atoms with Gasteiger partial charge in [0.1, 0.15) is 13.2 Å². The first kappa shape index (κ1) is 51.6. The van der Waals surface area contributed by atoms with Crippen molar-refractivity contribution in [2.24, 2.45) is 0 Å². The van der Waals surface area contributed by atoms with Crippen molar-refractivity contribution in [3.63, 3.8) is 0 Å². The van der Waals surface area contributed by atoms with E-state index in [2.05, 4.69) is 106 Å². The van der Waals surface area contributed by atoms with Crippen molar-refractivity contribution in [1.29, 1.82) is 0 Å². The van der Waals surface area contributed by atoms with E-state index in [0.717, 1.165) is 135 Å². The van der Waals surface area contributed by atoms with E-state index in [1.807, 2.05) is 0 Å². The van der Waals surface area contributed by atoms with Crippen LogP contribution in [-0.4, -0.2) is 37.2 Å². The van der Waals surface area contributed by atoms with Crippen molar-refractivity contribution in [1.82, 2.24) is 0 Å². The number of hydrogen-bond acceptors (Lipinski definition) is 6. The maximum absolute atomic E-state index is 12.7. The zero-order valence-electron chi connectivity index (χ0n) is 35.4. The van der Waals surface area contributed by atoms with Gasteiger partial charge in [0.05, 0.1) is 0 Å². The summed E-state index contributed by atoms with van der Waals surface area (Å²) in [4.78, 5) is 37.6. The van der Waals surface area contributed by atoms with E-state index in [0.29, 0.717) is 19.3 Å². The van der Waals surface area contributed by atoms with Gasteiger partial charge >= 0.3 is 17.9 Å². The summed E-state index contributed by atoms with van der Waals surface area (Å²) >= 11 is 0. The molecule has 0 spiro atoms. The third kappa shape index (κ3) is 41.6. The molecule has 55 heavy (non-hydrogen) atoms. The lowest BCUT2D eigenvalue weighted by molar-refractivity contribution is -0.167. The molecule has 0 amide bonds. The smallest absolute Gasteiger partial charge is 0.306 e. The number of allylic oxidation sites excluding steroid dienone is 14. The molecule has 0 aromatic carbocycles. The van der Waals surface area contributed by atoms with Crippen LogP contribution in [-0.2, 0) is 28.6 Å². The normalized spacial score (nSPS) is 12.9. The number of rotatable bonds is 38. The van der Waals surface area contributed by atoms with Gasteiger partial charge in [0.25, 0.3) is 0 Å². The third-order valence-corrected chi connectivity index (χ3v) is 8.88. The van der Waals surface area contributed by atoms with Crippen molar-refractivity contribution in [3.8, 4) is 0 Å². The maximum atomic E-state index is 12.7. The van der Waals surface area contributed by atoms with Crippen LogP contribution in [0, 0.1) is 0 Å². The molecule has 0 fully saturated rings. The quantitative estimate of drug-likeness (QED) is 0.0270. The van der Waals surface area contributed by atoms with Crippen LogP contribution in [0.15, 0.2) is 85.1 Å². The van der Waals surface area contributed by atoms with Crippen LogP contribution < -0.4 is 0 Å². The average Bonchev–Trinajstić information content (AvgIpc) is 3.18. The van der Waals surface area contributed by atoms with E-state index in [1.54, 1.807) is 0 Å². The van der Waals surface area contributed by atoms with E-state index in [9.17, 15) is 14.4 Å². The van der Waals surface area contributed by atoms with Crippen molar-refractivity contribution in [2.75, 3.05) is 13.2 Å². The Kier molecular flexibility index (Phi) is 40.6. The van der Waals surface area contributed by atoms with Crippen LogP contribution in [0.5, 0.6) is 0 Å². The molecule has 1 atom stereocenters. The number of hydrogen-bond donors (Lipinski definition) is 0. The maximum Gasteiger partial charge on any atom is 0.306 e. The highest BCUT2D eigenvalue weighted by molar-refractivity contribution is 5.71. The zero-order valence-corrected chi connectivity index (χ0v) is 35.4. The van der Waals surface area contributed by atoms with Crippen LogP contribution in [0.1, 0.15) is 188 Å². The Hall–Kier alpha value is -3.41. The fourth-order valence-corrected chi connectivity index (χ4v) is 5.65. The number of carbonyl (C=O) groups is 3. The highest BCUT2D eigenvalue weighted by atomic mass is 16.6. The van der Waals surface area contributed by atoms with Gasteiger partial charge in [-0.05, 0) is 103 Å². The predicted molar refractivity (Wildman–Crippen MR) is 233 cm³/mol. The molecular weight excluding hydrogens is 685 g/mol. The van der Waals surface area contributed by atoms with Crippen LogP contribution >= 0.6 is 0 Å². The van der Waals surface area contributed by atoms with Gasteiger partial charge in [-0.2, -0.15) is 0 Å². The summed E-state index contributed by atoms with van der Waals surface area (Å²) in [6.07, 6.45) is 54.4. The molecule has 0 bridgehead atoms. The minimum Gasteiger partial charge on any atom is -0.462 e. The molecule has 0 rings (SSSR count). The fraction of sp³-hybridized carbons (Fsp3) is 0.653. The molecule has 0 aromatic rings. The highest BCUT2D eigenvalue weighted by Crippen LogP contribution is 2.12. The molecule has 0 heterocycles. The van der Waals surface area contributed by atoms with Crippen molar-refractivity contribution in [3.05, 3.63) is 85.1 Å². The Labute approximate surface area is 337 Å². The van der Waals surface area contributed by atoms with E-state index < -0.39 is 6.10 Å². The van der Waals surface area contributed by atoms with Gasteiger partial charge in [0, 0.05) is 19.3 Å². The van der Waals surface area contributed by atoms with Gasteiger partial charge < -0.3 is 14.2 Å². The molecule has 6 heteroatoms. The first-order valence-corrected chi connectivity index (χ1v) is 22.1. The Morgan fingerprint density at radius 2 is 0.655 bits per heavy atom. The van der Waals surface area contributed by atoms with Crippen molar-refractivity contribution < 1.29 is 28.6 Å². The van der Waals surface area contributed by atoms with Crippen molar-refractivity contribution in [2.45, 2.75) is 194 Å². The molecule has 0 aromatic heterocycles. The molecule has 0 saturated carbocycles. The minimum absolute atomic E-state index is 0.101. The van der Waals surface area contributed by atoms with Crippen LogP contribution in [0.3, 0.4) is 0 Å². The monoisotopic (exact) mass is 765 g/mol. The Bertz CT molecular complexity index is 1110. The van der Waals surface area contributed by atoms with Gasteiger partial charge in [-0.15, -0.1) is 0 Å². The first-order chi connectivity index (χ1) is 27.0. The van der Waals surface area contributed by atoms with E-state index in [4.69, 9.17) is 14.2 Å². The van der Waals surface area contributed by atoms with Gasteiger partial charge in [-0.3, -0.25) is 14.4 Å². The summed E-state index contributed by atoms with van der Waals surface area (Å²) in [6.45, 7) is 6.21. The topological polar surface area (TPSA) is 78.9 Å². The Balaban J connectivity index is 4.42.